The molecule has 1 atom stereocenters. The summed E-state index contributed by atoms with van der Waals surface area (Å²) in [6, 6.07) is 3.47. The molecule has 0 aromatic heterocycles. The maximum absolute atomic E-state index is 13.4. The Hall–Kier alpha value is -2.00. The van der Waals surface area contributed by atoms with Gasteiger partial charge in [0.15, 0.2) is 0 Å². The predicted octanol–water partition coefficient (Wildman–Crippen LogP) is 0.0140. The molecule has 1 saturated heterocycles. The van der Waals surface area contributed by atoms with Crippen molar-refractivity contribution in [2.75, 3.05) is 25.9 Å². The molecule has 1 heterocycles. The van der Waals surface area contributed by atoms with E-state index in [2.05, 4.69) is 10.0 Å². The minimum absolute atomic E-state index is 0.200. The summed E-state index contributed by atoms with van der Waals surface area (Å²) in [4.78, 5) is 25.5. The van der Waals surface area contributed by atoms with Crippen LogP contribution in [0.3, 0.4) is 0 Å². The van der Waals surface area contributed by atoms with E-state index in [4.69, 9.17) is 0 Å². The number of hydrogen-bond acceptors (Lipinski definition) is 4. The number of carbonyl (C=O) groups excluding carboxylic acids is 2. The second-order valence-corrected chi connectivity index (χ2v) is 7.56. The first-order valence-electron chi connectivity index (χ1n) is 7.48. The highest BCUT2D eigenvalue weighted by Crippen LogP contribution is 2.12. The number of rotatable bonds is 6. The molecule has 0 spiro atoms. The van der Waals surface area contributed by atoms with Crippen molar-refractivity contribution >= 4 is 21.8 Å². The van der Waals surface area contributed by atoms with Gasteiger partial charge in [-0.2, -0.15) is 0 Å². The molecule has 0 aliphatic carbocycles. The lowest BCUT2D eigenvalue weighted by molar-refractivity contribution is -0.129. The van der Waals surface area contributed by atoms with E-state index in [1.54, 1.807) is 6.92 Å². The van der Waals surface area contributed by atoms with Crippen LogP contribution < -0.4 is 10.0 Å². The lowest BCUT2D eigenvalue weighted by Crippen LogP contribution is -2.43. The van der Waals surface area contributed by atoms with E-state index in [0.717, 1.165) is 12.3 Å². The van der Waals surface area contributed by atoms with Crippen LogP contribution in [0.4, 0.5) is 4.39 Å². The molecule has 1 fully saturated rings. The largest absolute Gasteiger partial charge is 0.350 e. The van der Waals surface area contributed by atoms with E-state index in [1.807, 2.05) is 0 Å². The Balaban J connectivity index is 1.83. The van der Waals surface area contributed by atoms with Gasteiger partial charge in [0.05, 0.1) is 6.26 Å². The van der Waals surface area contributed by atoms with E-state index >= 15 is 0 Å². The highest BCUT2D eigenvalue weighted by molar-refractivity contribution is 7.88. The van der Waals surface area contributed by atoms with Crippen molar-refractivity contribution in [2.24, 2.45) is 0 Å². The molecule has 1 aliphatic heterocycles. The third kappa shape index (κ3) is 4.75. The van der Waals surface area contributed by atoms with Crippen LogP contribution in [-0.4, -0.2) is 57.1 Å². The van der Waals surface area contributed by atoms with Gasteiger partial charge in [0.1, 0.15) is 11.9 Å². The third-order valence-corrected chi connectivity index (χ3v) is 4.47. The average molecular weight is 357 g/mol. The molecule has 24 heavy (non-hydrogen) atoms. The van der Waals surface area contributed by atoms with Gasteiger partial charge in [0, 0.05) is 25.2 Å². The second-order valence-electron chi connectivity index (χ2n) is 5.78. The van der Waals surface area contributed by atoms with Crippen LogP contribution in [0.15, 0.2) is 18.2 Å². The Bertz CT molecular complexity index is 751. The summed E-state index contributed by atoms with van der Waals surface area (Å²) >= 11 is 0. The summed E-state index contributed by atoms with van der Waals surface area (Å²) in [6.45, 7) is 2.49. The Morgan fingerprint density at radius 1 is 1.42 bits per heavy atom. The van der Waals surface area contributed by atoms with Gasteiger partial charge in [0.2, 0.25) is 15.9 Å². The normalized spacial score (nSPS) is 18.0. The van der Waals surface area contributed by atoms with Crippen molar-refractivity contribution in [3.8, 4) is 0 Å². The average Bonchev–Trinajstić information content (AvgIpc) is 2.81. The van der Waals surface area contributed by atoms with E-state index in [0.29, 0.717) is 18.5 Å². The number of aryl methyl sites for hydroxylation is 1. The quantitative estimate of drug-likeness (QED) is 0.750. The number of sulfonamides is 1. The molecular weight excluding hydrogens is 337 g/mol. The first-order valence-corrected chi connectivity index (χ1v) is 9.37. The SMILES string of the molecule is Cc1ccc(C(=O)NCCN2CCC(NS(C)(=O)=O)C2=O)cc1F. The van der Waals surface area contributed by atoms with Crippen LogP contribution in [0, 0.1) is 12.7 Å². The maximum atomic E-state index is 13.4. The Morgan fingerprint density at radius 2 is 2.12 bits per heavy atom. The summed E-state index contributed by atoms with van der Waals surface area (Å²) in [5.41, 5.74) is 0.668. The van der Waals surface area contributed by atoms with Crippen LogP contribution in [-0.2, 0) is 14.8 Å². The number of benzene rings is 1. The van der Waals surface area contributed by atoms with Crippen molar-refractivity contribution in [3.63, 3.8) is 0 Å². The number of amides is 2. The lowest BCUT2D eigenvalue weighted by Gasteiger charge is -2.17. The van der Waals surface area contributed by atoms with Crippen molar-refractivity contribution in [3.05, 3.63) is 35.1 Å². The Morgan fingerprint density at radius 3 is 2.75 bits per heavy atom. The molecule has 0 radical (unpaired) electrons. The van der Waals surface area contributed by atoms with E-state index < -0.39 is 27.8 Å². The fraction of sp³-hybridized carbons (Fsp3) is 0.467. The molecule has 1 aromatic carbocycles. The van der Waals surface area contributed by atoms with E-state index in [9.17, 15) is 22.4 Å². The number of hydrogen-bond donors (Lipinski definition) is 2. The van der Waals surface area contributed by atoms with Gasteiger partial charge >= 0.3 is 0 Å². The first kappa shape index (κ1) is 18.3. The molecule has 0 bridgehead atoms. The number of likely N-dealkylation sites (tertiary alicyclic amines) is 1. The van der Waals surface area contributed by atoms with Crippen molar-refractivity contribution in [2.45, 2.75) is 19.4 Å². The van der Waals surface area contributed by atoms with Gasteiger partial charge < -0.3 is 10.2 Å². The molecule has 2 rings (SSSR count). The Kier molecular flexibility index (Phi) is 5.55. The molecular formula is C15H20FN3O4S. The van der Waals surface area contributed by atoms with Gasteiger partial charge in [0.25, 0.3) is 5.91 Å². The molecule has 1 unspecified atom stereocenters. The highest BCUT2D eigenvalue weighted by Gasteiger charge is 2.33. The molecule has 7 nitrogen and oxygen atoms in total. The zero-order valence-corrected chi connectivity index (χ0v) is 14.3. The van der Waals surface area contributed by atoms with Crippen molar-refractivity contribution < 1.29 is 22.4 Å². The summed E-state index contributed by atoms with van der Waals surface area (Å²) in [5, 5.41) is 2.62. The van der Waals surface area contributed by atoms with E-state index in [1.165, 1.54) is 17.0 Å². The summed E-state index contributed by atoms with van der Waals surface area (Å²) in [5.74, 6) is -1.19. The molecule has 132 valence electrons. The maximum Gasteiger partial charge on any atom is 0.251 e. The topological polar surface area (TPSA) is 95.6 Å². The fourth-order valence-corrected chi connectivity index (χ4v) is 3.20. The summed E-state index contributed by atoms with van der Waals surface area (Å²) < 4.78 is 38.1. The van der Waals surface area contributed by atoms with Crippen molar-refractivity contribution in [1.29, 1.82) is 0 Å². The minimum atomic E-state index is -3.44. The van der Waals surface area contributed by atoms with Crippen molar-refractivity contribution in [1.82, 2.24) is 14.9 Å². The summed E-state index contributed by atoms with van der Waals surface area (Å²) in [7, 11) is -3.44. The molecule has 1 aromatic rings. The first-order chi connectivity index (χ1) is 11.2. The van der Waals surface area contributed by atoms with Crippen LogP contribution >= 0.6 is 0 Å². The van der Waals surface area contributed by atoms with Crippen LogP contribution in [0.25, 0.3) is 0 Å². The Labute approximate surface area is 140 Å². The standard InChI is InChI=1S/C15H20FN3O4S/c1-10-3-4-11(9-12(10)16)14(20)17-6-8-19-7-5-13(15(19)21)18-24(2,22)23/h3-4,9,13,18H,5-8H2,1-2H3,(H,17,20). The zero-order chi connectivity index (χ0) is 17.9. The van der Waals surface area contributed by atoms with E-state index in [-0.39, 0.29) is 24.6 Å². The van der Waals surface area contributed by atoms with Gasteiger partial charge in [-0.25, -0.2) is 17.5 Å². The molecule has 2 N–H and O–H groups in total. The number of nitrogens with zero attached hydrogens (tertiary/aromatic N) is 1. The number of carbonyl (C=O) groups is 2. The van der Waals surface area contributed by atoms with Crippen LogP contribution in [0.2, 0.25) is 0 Å². The lowest BCUT2D eigenvalue weighted by atomic mass is 10.1. The van der Waals surface area contributed by atoms with Gasteiger partial charge in [-0.1, -0.05) is 6.07 Å². The molecule has 1 aliphatic rings. The molecule has 0 saturated carbocycles. The monoisotopic (exact) mass is 357 g/mol. The molecule has 2 amide bonds. The predicted molar refractivity (Wildman–Crippen MR) is 86.4 cm³/mol. The highest BCUT2D eigenvalue weighted by atomic mass is 32.2. The van der Waals surface area contributed by atoms with Gasteiger partial charge in [-0.15, -0.1) is 0 Å². The molecule has 9 heteroatoms. The van der Waals surface area contributed by atoms with Gasteiger partial charge in [-0.3, -0.25) is 9.59 Å². The fourth-order valence-electron chi connectivity index (χ4n) is 2.47. The van der Waals surface area contributed by atoms with Crippen LogP contribution in [0.1, 0.15) is 22.3 Å². The zero-order valence-electron chi connectivity index (χ0n) is 13.5. The third-order valence-electron chi connectivity index (χ3n) is 3.76. The van der Waals surface area contributed by atoms with Crippen LogP contribution in [0.5, 0.6) is 0 Å². The summed E-state index contributed by atoms with van der Waals surface area (Å²) in [6.07, 6.45) is 1.40. The minimum Gasteiger partial charge on any atom is -0.350 e. The number of halogens is 1. The van der Waals surface area contributed by atoms with Gasteiger partial charge in [-0.05, 0) is 31.0 Å². The smallest absolute Gasteiger partial charge is 0.251 e. The second kappa shape index (κ2) is 7.27. The number of nitrogens with one attached hydrogen (secondary N) is 2.